The van der Waals surface area contributed by atoms with E-state index in [4.69, 9.17) is 0 Å². The van der Waals surface area contributed by atoms with Gasteiger partial charge < -0.3 is 10.2 Å². The second-order valence-electron chi connectivity index (χ2n) is 4.73. The maximum Gasteiger partial charge on any atom is 0.317 e. The predicted octanol–water partition coefficient (Wildman–Crippen LogP) is 2.98. The zero-order chi connectivity index (χ0) is 12.6. The number of carbonyl (C=O) groups excluding carboxylic acids is 1. The SMILES string of the molecule is O=C(N[CH]CCc1ccccc1)N1CCCCC1. The Balaban J connectivity index is 1.61. The molecule has 0 unspecified atom stereocenters. The number of carbonyl (C=O) groups is 1. The van der Waals surface area contributed by atoms with Crippen molar-refractivity contribution in [2.75, 3.05) is 13.1 Å². The fourth-order valence-electron chi connectivity index (χ4n) is 2.23. The summed E-state index contributed by atoms with van der Waals surface area (Å²) in [7, 11) is 0. The molecule has 97 valence electrons. The van der Waals surface area contributed by atoms with Crippen LogP contribution < -0.4 is 5.32 Å². The molecule has 0 aromatic heterocycles. The Labute approximate surface area is 109 Å². The zero-order valence-electron chi connectivity index (χ0n) is 10.8. The first kappa shape index (κ1) is 12.9. The summed E-state index contributed by atoms with van der Waals surface area (Å²) in [5.41, 5.74) is 1.31. The van der Waals surface area contributed by atoms with Crippen LogP contribution in [0.5, 0.6) is 0 Å². The normalized spacial score (nSPS) is 15.4. The first-order valence-corrected chi connectivity index (χ1v) is 6.77. The Morgan fingerprint density at radius 2 is 1.89 bits per heavy atom. The van der Waals surface area contributed by atoms with Gasteiger partial charge in [0, 0.05) is 13.1 Å². The lowest BCUT2D eigenvalue weighted by atomic mass is 10.1. The molecule has 1 saturated heterocycles. The lowest BCUT2D eigenvalue weighted by molar-refractivity contribution is 0.188. The van der Waals surface area contributed by atoms with E-state index in [0.717, 1.165) is 38.8 Å². The van der Waals surface area contributed by atoms with E-state index < -0.39 is 0 Å². The van der Waals surface area contributed by atoms with Gasteiger partial charge in [-0.2, -0.15) is 0 Å². The van der Waals surface area contributed by atoms with E-state index in [1.807, 2.05) is 29.6 Å². The molecule has 18 heavy (non-hydrogen) atoms. The molecule has 2 amide bonds. The summed E-state index contributed by atoms with van der Waals surface area (Å²) in [6, 6.07) is 10.4. The minimum atomic E-state index is 0.0581. The van der Waals surface area contributed by atoms with Crippen molar-refractivity contribution in [3.63, 3.8) is 0 Å². The van der Waals surface area contributed by atoms with Crippen molar-refractivity contribution in [2.45, 2.75) is 32.1 Å². The number of aryl methyl sites for hydroxylation is 1. The van der Waals surface area contributed by atoms with Gasteiger partial charge in [-0.15, -0.1) is 0 Å². The van der Waals surface area contributed by atoms with Crippen molar-refractivity contribution in [1.82, 2.24) is 10.2 Å². The molecule has 1 aromatic carbocycles. The van der Waals surface area contributed by atoms with Gasteiger partial charge in [0.2, 0.25) is 0 Å². The highest BCUT2D eigenvalue weighted by Crippen LogP contribution is 2.09. The molecule has 0 spiro atoms. The first-order chi connectivity index (χ1) is 8.86. The van der Waals surface area contributed by atoms with Crippen molar-refractivity contribution in [3.05, 3.63) is 42.4 Å². The number of piperidine rings is 1. The second-order valence-corrected chi connectivity index (χ2v) is 4.73. The Morgan fingerprint density at radius 1 is 1.17 bits per heavy atom. The van der Waals surface area contributed by atoms with Crippen LogP contribution in [0.1, 0.15) is 31.2 Å². The Kier molecular flexibility index (Phi) is 5.06. The van der Waals surface area contributed by atoms with Gasteiger partial charge in [0.15, 0.2) is 0 Å². The summed E-state index contributed by atoms with van der Waals surface area (Å²) in [5.74, 6) is 0. The summed E-state index contributed by atoms with van der Waals surface area (Å²) in [5, 5.41) is 2.88. The highest BCUT2D eigenvalue weighted by molar-refractivity contribution is 5.74. The zero-order valence-corrected chi connectivity index (χ0v) is 10.8. The quantitative estimate of drug-likeness (QED) is 0.813. The molecule has 1 radical (unpaired) electrons. The van der Waals surface area contributed by atoms with Crippen LogP contribution in [0.4, 0.5) is 4.79 Å². The van der Waals surface area contributed by atoms with Crippen LogP contribution in [0.3, 0.4) is 0 Å². The molecule has 0 bridgehead atoms. The molecular weight excluding hydrogens is 224 g/mol. The van der Waals surface area contributed by atoms with Gasteiger partial charge in [0.1, 0.15) is 0 Å². The number of urea groups is 1. The molecule has 0 saturated carbocycles. The number of rotatable bonds is 4. The molecule has 0 atom stereocenters. The Bertz CT molecular complexity index is 358. The number of hydrogen-bond acceptors (Lipinski definition) is 1. The summed E-state index contributed by atoms with van der Waals surface area (Å²) < 4.78 is 0. The van der Waals surface area contributed by atoms with Gasteiger partial charge in [-0.05, 0) is 37.7 Å². The van der Waals surface area contributed by atoms with Gasteiger partial charge in [0.05, 0.1) is 6.54 Å². The van der Waals surface area contributed by atoms with Crippen molar-refractivity contribution in [2.24, 2.45) is 0 Å². The number of amides is 2. The third kappa shape index (κ3) is 4.06. The van der Waals surface area contributed by atoms with Gasteiger partial charge in [-0.25, -0.2) is 4.79 Å². The minimum Gasteiger partial charge on any atom is -0.333 e. The number of likely N-dealkylation sites (tertiary alicyclic amines) is 1. The fourth-order valence-corrected chi connectivity index (χ4v) is 2.23. The number of hydrogen-bond donors (Lipinski definition) is 1. The number of nitrogens with zero attached hydrogens (tertiary/aromatic N) is 1. The van der Waals surface area contributed by atoms with Crippen LogP contribution in [0.25, 0.3) is 0 Å². The van der Waals surface area contributed by atoms with Crippen LogP contribution in [0.15, 0.2) is 30.3 Å². The number of nitrogens with one attached hydrogen (secondary N) is 1. The van der Waals surface area contributed by atoms with E-state index in [1.54, 1.807) is 0 Å². The summed E-state index contributed by atoms with van der Waals surface area (Å²) in [6.45, 7) is 3.68. The molecule has 1 heterocycles. The first-order valence-electron chi connectivity index (χ1n) is 6.77. The van der Waals surface area contributed by atoms with Crippen molar-refractivity contribution in [3.8, 4) is 0 Å². The molecule has 1 aliphatic heterocycles. The van der Waals surface area contributed by atoms with Gasteiger partial charge in [-0.1, -0.05) is 30.3 Å². The summed E-state index contributed by atoms with van der Waals surface area (Å²) in [4.78, 5) is 13.7. The van der Waals surface area contributed by atoms with E-state index in [2.05, 4.69) is 17.4 Å². The van der Waals surface area contributed by atoms with E-state index in [9.17, 15) is 4.79 Å². The van der Waals surface area contributed by atoms with Crippen LogP contribution in [0, 0.1) is 6.54 Å². The van der Waals surface area contributed by atoms with Crippen LogP contribution in [0.2, 0.25) is 0 Å². The van der Waals surface area contributed by atoms with Gasteiger partial charge in [-0.3, -0.25) is 0 Å². The Morgan fingerprint density at radius 3 is 2.61 bits per heavy atom. The van der Waals surface area contributed by atoms with Gasteiger partial charge in [0.25, 0.3) is 0 Å². The highest BCUT2D eigenvalue weighted by Gasteiger charge is 2.15. The maximum absolute atomic E-state index is 11.8. The van der Waals surface area contributed by atoms with Crippen molar-refractivity contribution >= 4 is 6.03 Å². The van der Waals surface area contributed by atoms with Crippen LogP contribution >= 0.6 is 0 Å². The third-order valence-corrected chi connectivity index (χ3v) is 3.29. The molecule has 0 aliphatic carbocycles. The topological polar surface area (TPSA) is 32.3 Å². The third-order valence-electron chi connectivity index (χ3n) is 3.29. The lowest BCUT2D eigenvalue weighted by Gasteiger charge is -2.26. The Hall–Kier alpha value is -1.51. The lowest BCUT2D eigenvalue weighted by Crippen LogP contribution is -2.41. The summed E-state index contributed by atoms with van der Waals surface area (Å²) in [6.07, 6.45) is 5.38. The predicted molar refractivity (Wildman–Crippen MR) is 73.0 cm³/mol. The smallest absolute Gasteiger partial charge is 0.317 e. The highest BCUT2D eigenvalue weighted by atomic mass is 16.2. The van der Waals surface area contributed by atoms with Crippen LogP contribution in [-0.2, 0) is 6.42 Å². The fraction of sp³-hybridized carbons (Fsp3) is 0.467. The molecule has 1 aliphatic rings. The molecular formula is C15H21N2O. The van der Waals surface area contributed by atoms with Gasteiger partial charge >= 0.3 is 6.03 Å². The van der Waals surface area contributed by atoms with Crippen LogP contribution in [-0.4, -0.2) is 24.0 Å². The largest absolute Gasteiger partial charge is 0.333 e. The molecule has 1 fully saturated rings. The maximum atomic E-state index is 11.8. The van der Waals surface area contributed by atoms with E-state index in [1.165, 1.54) is 12.0 Å². The number of benzene rings is 1. The van der Waals surface area contributed by atoms with Crippen molar-refractivity contribution < 1.29 is 4.79 Å². The van der Waals surface area contributed by atoms with E-state index >= 15 is 0 Å². The average Bonchev–Trinajstić information content (AvgIpc) is 2.45. The second kappa shape index (κ2) is 7.04. The molecule has 1 N–H and O–H groups in total. The van der Waals surface area contributed by atoms with Crippen molar-refractivity contribution in [1.29, 1.82) is 0 Å². The molecule has 1 aromatic rings. The standard InChI is InChI=1S/C15H21N2O/c18-15(17-12-5-2-6-13-17)16-11-7-10-14-8-3-1-4-9-14/h1,3-4,8-9,11H,2,5-7,10,12-13H2,(H,16,18). The summed E-state index contributed by atoms with van der Waals surface area (Å²) >= 11 is 0. The van der Waals surface area contributed by atoms with E-state index in [0.29, 0.717) is 0 Å². The monoisotopic (exact) mass is 245 g/mol. The van der Waals surface area contributed by atoms with E-state index in [-0.39, 0.29) is 6.03 Å². The average molecular weight is 245 g/mol. The molecule has 3 nitrogen and oxygen atoms in total. The molecule has 2 rings (SSSR count). The minimum absolute atomic E-state index is 0.0581. The molecule has 3 heteroatoms.